The minimum Gasteiger partial charge on any atom is -0.456 e. The van der Waals surface area contributed by atoms with Crippen LogP contribution >= 0.6 is 15.9 Å². The van der Waals surface area contributed by atoms with Gasteiger partial charge in [0.2, 0.25) is 6.10 Å². The van der Waals surface area contributed by atoms with Crippen LogP contribution in [0.25, 0.3) is 0 Å². The molecule has 0 spiro atoms. The molecular weight excluding hydrogens is 392 g/mol. The second kappa shape index (κ2) is 8.43. The van der Waals surface area contributed by atoms with Gasteiger partial charge in [-0.15, -0.1) is 0 Å². The fourth-order valence-electron chi connectivity index (χ4n) is 2.30. The van der Waals surface area contributed by atoms with E-state index in [0.717, 1.165) is 20.8 Å². The van der Waals surface area contributed by atoms with Gasteiger partial charge in [-0.05, 0) is 0 Å². The van der Waals surface area contributed by atoms with Crippen LogP contribution in [0.4, 0.5) is 0 Å². The van der Waals surface area contributed by atoms with Crippen molar-refractivity contribution in [2.75, 3.05) is 11.9 Å². The Morgan fingerprint density at radius 3 is 1.92 bits per heavy atom. The first-order valence-corrected chi connectivity index (χ1v) is 8.14. The maximum atomic E-state index is 11.5. The highest BCUT2D eigenvalue weighted by molar-refractivity contribution is 9.09. The molecule has 4 atom stereocenters. The molecule has 1 rings (SSSR count). The maximum Gasteiger partial charge on any atom is 0.305 e. The summed E-state index contributed by atoms with van der Waals surface area (Å²) in [6.45, 7) is 4.37. The third-order valence-electron chi connectivity index (χ3n) is 3.01. The molecular formula is C14H19BrO9. The van der Waals surface area contributed by atoms with E-state index in [2.05, 4.69) is 15.9 Å². The van der Waals surface area contributed by atoms with E-state index in [4.69, 9.17) is 23.7 Å². The molecule has 0 radical (unpaired) electrons. The summed E-state index contributed by atoms with van der Waals surface area (Å²) < 4.78 is 26.1. The average Bonchev–Trinajstić information content (AvgIpc) is 2.43. The zero-order valence-electron chi connectivity index (χ0n) is 13.7. The molecule has 0 aliphatic carbocycles. The van der Waals surface area contributed by atoms with Gasteiger partial charge in [-0.25, -0.2) is 0 Å². The van der Waals surface area contributed by atoms with Gasteiger partial charge in [-0.3, -0.25) is 19.2 Å². The van der Waals surface area contributed by atoms with Gasteiger partial charge in [0.1, 0.15) is 0 Å². The monoisotopic (exact) mass is 410 g/mol. The van der Waals surface area contributed by atoms with Crippen molar-refractivity contribution in [3.05, 3.63) is 0 Å². The molecule has 0 aromatic heterocycles. The highest BCUT2D eigenvalue weighted by atomic mass is 79.9. The smallest absolute Gasteiger partial charge is 0.305 e. The van der Waals surface area contributed by atoms with Gasteiger partial charge in [0.15, 0.2) is 12.2 Å². The summed E-state index contributed by atoms with van der Waals surface area (Å²) in [6.07, 6.45) is -3.57. The summed E-state index contributed by atoms with van der Waals surface area (Å²) in [5.41, 5.74) is 0. The van der Waals surface area contributed by atoms with Crippen molar-refractivity contribution < 1.29 is 42.9 Å². The molecule has 136 valence electrons. The lowest BCUT2D eigenvalue weighted by atomic mass is 9.97. The molecule has 0 amide bonds. The Hall–Kier alpha value is -1.68. The average molecular weight is 411 g/mol. The fourth-order valence-corrected chi connectivity index (χ4v) is 2.89. The van der Waals surface area contributed by atoms with E-state index < -0.39 is 48.0 Å². The summed E-state index contributed by atoms with van der Waals surface area (Å²) in [5.74, 6) is -4.47. The second-order valence-corrected chi connectivity index (χ2v) is 5.66. The van der Waals surface area contributed by atoms with E-state index in [1.54, 1.807) is 0 Å². The van der Waals surface area contributed by atoms with Gasteiger partial charge in [0.25, 0.3) is 5.79 Å². The topological polar surface area (TPSA) is 114 Å². The Bertz CT molecular complexity index is 520. The normalized spacial score (nSPS) is 29.3. The minimum atomic E-state index is -1.73. The molecule has 10 heteroatoms. The molecule has 0 N–H and O–H groups in total. The molecule has 1 aliphatic heterocycles. The van der Waals surface area contributed by atoms with E-state index >= 15 is 0 Å². The third-order valence-corrected chi connectivity index (χ3v) is 3.79. The van der Waals surface area contributed by atoms with E-state index in [9.17, 15) is 19.2 Å². The van der Waals surface area contributed by atoms with E-state index in [1.807, 2.05) is 0 Å². The molecule has 1 saturated heterocycles. The molecule has 4 unspecified atom stereocenters. The van der Waals surface area contributed by atoms with E-state index in [-0.39, 0.29) is 11.9 Å². The number of hydrogen-bond acceptors (Lipinski definition) is 9. The van der Waals surface area contributed by atoms with Crippen molar-refractivity contribution in [2.24, 2.45) is 0 Å². The third kappa shape index (κ3) is 5.17. The van der Waals surface area contributed by atoms with Gasteiger partial charge in [-0.1, -0.05) is 15.9 Å². The lowest BCUT2D eigenvalue weighted by molar-refractivity contribution is -0.318. The molecule has 1 heterocycles. The zero-order chi connectivity index (χ0) is 18.5. The Labute approximate surface area is 147 Å². The van der Waals surface area contributed by atoms with Gasteiger partial charge >= 0.3 is 23.9 Å². The highest BCUT2D eigenvalue weighted by Gasteiger charge is 2.58. The van der Waals surface area contributed by atoms with Gasteiger partial charge < -0.3 is 23.7 Å². The van der Waals surface area contributed by atoms with Crippen LogP contribution in [0.3, 0.4) is 0 Å². The van der Waals surface area contributed by atoms with Crippen LogP contribution in [0.1, 0.15) is 27.7 Å². The summed E-state index contributed by atoms with van der Waals surface area (Å²) >= 11 is 3.15. The number of hydrogen-bond donors (Lipinski definition) is 0. The predicted molar refractivity (Wildman–Crippen MR) is 80.9 cm³/mol. The molecule has 0 aromatic carbocycles. The number of esters is 4. The highest BCUT2D eigenvalue weighted by Crippen LogP contribution is 2.35. The van der Waals surface area contributed by atoms with Crippen LogP contribution in [0, 0.1) is 0 Å². The number of alkyl halides is 1. The summed E-state index contributed by atoms with van der Waals surface area (Å²) in [4.78, 5) is 45.6. The molecule has 0 aromatic rings. The van der Waals surface area contributed by atoms with Crippen LogP contribution in [0.5, 0.6) is 0 Å². The first kappa shape index (κ1) is 20.4. The lowest BCUT2D eigenvalue weighted by Gasteiger charge is -2.46. The number of rotatable bonds is 5. The quantitative estimate of drug-likeness (QED) is 0.362. The molecule has 1 fully saturated rings. The Morgan fingerprint density at radius 1 is 0.958 bits per heavy atom. The van der Waals surface area contributed by atoms with Gasteiger partial charge in [0, 0.05) is 27.7 Å². The second-order valence-electron chi connectivity index (χ2n) is 5.10. The van der Waals surface area contributed by atoms with E-state index in [1.165, 1.54) is 6.92 Å². The predicted octanol–water partition coefficient (Wildman–Crippen LogP) is 0.466. The fraction of sp³-hybridized carbons (Fsp3) is 0.714. The van der Waals surface area contributed by atoms with Crippen molar-refractivity contribution in [1.29, 1.82) is 0 Å². The van der Waals surface area contributed by atoms with Crippen molar-refractivity contribution in [1.82, 2.24) is 0 Å². The molecule has 24 heavy (non-hydrogen) atoms. The lowest BCUT2D eigenvalue weighted by Crippen LogP contribution is -2.66. The van der Waals surface area contributed by atoms with E-state index in [0.29, 0.717) is 0 Å². The first-order chi connectivity index (χ1) is 11.1. The SMILES string of the molecule is CC(=O)OC1COC(CBr)(OC(C)=O)C(OC(C)=O)C1OC(C)=O. The van der Waals surface area contributed by atoms with Crippen LogP contribution in [-0.4, -0.2) is 59.9 Å². The van der Waals surface area contributed by atoms with Gasteiger partial charge in [0.05, 0.1) is 11.9 Å². The number of ether oxygens (including phenoxy) is 5. The Kier molecular flexibility index (Phi) is 7.15. The molecule has 1 aliphatic rings. The maximum absolute atomic E-state index is 11.5. The minimum absolute atomic E-state index is 0.0674. The standard InChI is InChI=1S/C14H19BrO9/c1-7(16)21-11-5-20-14(6-15,24-10(4)19)13(23-9(3)18)12(11)22-8(2)17/h11-13H,5-6H2,1-4H3. The van der Waals surface area contributed by atoms with Gasteiger partial charge in [-0.2, -0.15) is 0 Å². The summed E-state index contributed by atoms with van der Waals surface area (Å²) in [6, 6.07) is 0. The van der Waals surface area contributed by atoms with Crippen LogP contribution in [-0.2, 0) is 42.9 Å². The van der Waals surface area contributed by atoms with Crippen LogP contribution < -0.4 is 0 Å². The zero-order valence-corrected chi connectivity index (χ0v) is 15.3. The van der Waals surface area contributed by atoms with Crippen molar-refractivity contribution in [3.8, 4) is 0 Å². The van der Waals surface area contributed by atoms with Crippen LogP contribution in [0.15, 0.2) is 0 Å². The van der Waals surface area contributed by atoms with Crippen molar-refractivity contribution in [3.63, 3.8) is 0 Å². The Morgan fingerprint density at radius 2 is 1.50 bits per heavy atom. The molecule has 0 bridgehead atoms. The van der Waals surface area contributed by atoms with Crippen LogP contribution in [0.2, 0.25) is 0 Å². The number of halogens is 1. The van der Waals surface area contributed by atoms with Crippen molar-refractivity contribution in [2.45, 2.75) is 51.8 Å². The summed E-state index contributed by atoms with van der Waals surface area (Å²) in [5, 5.41) is -0.0674. The number of carbonyl (C=O) groups is 4. The molecule has 0 saturated carbocycles. The first-order valence-electron chi connectivity index (χ1n) is 7.02. The number of carbonyl (C=O) groups excluding carboxylic acids is 4. The molecule has 9 nitrogen and oxygen atoms in total. The van der Waals surface area contributed by atoms with Crippen molar-refractivity contribution >= 4 is 39.8 Å². The Balaban J connectivity index is 3.28. The largest absolute Gasteiger partial charge is 0.456 e. The summed E-state index contributed by atoms with van der Waals surface area (Å²) in [7, 11) is 0.